The van der Waals surface area contributed by atoms with Crippen LogP contribution in [-0.2, 0) is 9.53 Å². The molecule has 1 heterocycles. The summed E-state index contributed by atoms with van der Waals surface area (Å²) in [7, 11) is 5.84. The Balaban J connectivity index is 2.59. The third-order valence-corrected chi connectivity index (χ3v) is 3.73. The van der Waals surface area contributed by atoms with Gasteiger partial charge in [-0.2, -0.15) is 0 Å². The molecule has 1 aliphatic heterocycles. The van der Waals surface area contributed by atoms with E-state index in [4.69, 9.17) is 4.74 Å². The van der Waals surface area contributed by atoms with Gasteiger partial charge in [-0.1, -0.05) is 13.8 Å². The maximum absolute atomic E-state index is 12.0. The van der Waals surface area contributed by atoms with Crippen molar-refractivity contribution in [2.24, 2.45) is 11.8 Å². The van der Waals surface area contributed by atoms with Crippen LogP contribution >= 0.6 is 0 Å². The smallest absolute Gasteiger partial charge is 0.224 e. The lowest BCUT2D eigenvalue weighted by Crippen LogP contribution is -2.37. The minimum absolute atomic E-state index is 0.224. The molecule has 1 fully saturated rings. The fourth-order valence-electron chi connectivity index (χ4n) is 2.56. The van der Waals surface area contributed by atoms with Crippen molar-refractivity contribution < 1.29 is 9.53 Å². The molecular formula is C13H26N2O2. The molecule has 17 heavy (non-hydrogen) atoms. The van der Waals surface area contributed by atoms with E-state index in [1.165, 1.54) is 0 Å². The number of amides is 1. The number of rotatable bonds is 5. The topological polar surface area (TPSA) is 32.8 Å². The lowest BCUT2D eigenvalue weighted by Gasteiger charge is -2.27. The summed E-state index contributed by atoms with van der Waals surface area (Å²) in [5.74, 6) is 1.42. The number of carbonyl (C=O) groups is 1. The van der Waals surface area contributed by atoms with Gasteiger partial charge in [-0.15, -0.1) is 0 Å². The van der Waals surface area contributed by atoms with Crippen LogP contribution in [0.3, 0.4) is 0 Å². The number of likely N-dealkylation sites (tertiary alicyclic amines) is 1. The van der Waals surface area contributed by atoms with Gasteiger partial charge >= 0.3 is 0 Å². The van der Waals surface area contributed by atoms with E-state index >= 15 is 0 Å². The summed E-state index contributed by atoms with van der Waals surface area (Å²) in [6, 6.07) is 0.487. The van der Waals surface area contributed by atoms with Crippen LogP contribution in [0.15, 0.2) is 0 Å². The number of likely N-dealkylation sites (N-methyl/N-ethyl adjacent to an activating group) is 1. The summed E-state index contributed by atoms with van der Waals surface area (Å²) in [6.07, 6.45) is 0.501. The van der Waals surface area contributed by atoms with E-state index in [9.17, 15) is 4.79 Å². The molecule has 4 heteroatoms. The van der Waals surface area contributed by atoms with Crippen LogP contribution in [0.5, 0.6) is 0 Å². The molecule has 0 aliphatic carbocycles. The molecule has 1 saturated heterocycles. The molecule has 0 bridgehead atoms. The molecule has 0 aromatic carbocycles. The van der Waals surface area contributed by atoms with Crippen molar-refractivity contribution in [3.8, 4) is 0 Å². The van der Waals surface area contributed by atoms with Crippen LogP contribution in [0.4, 0.5) is 0 Å². The summed E-state index contributed by atoms with van der Waals surface area (Å²) in [4.78, 5) is 16.2. The lowest BCUT2D eigenvalue weighted by molar-refractivity contribution is -0.131. The van der Waals surface area contributed by atoms with Crippen LogP contribution in [0.2, 0.25) is 0 Å². The van der Waals surface area contributed by atoms with Crippen molar-refractivity contribution in [1.82, 2.24) is 9.80 Å². The van der Waals surface area contributed by atoms with Crippen LogP contribution in [0.1, 0.15) is 20.3 Å². The second kappa shape index (κ2) is 6.36. The zero-order chi connectivity index (χ0) is 13.0. The molecule has 0 saturated carbocycles. The van der Waals surface area contributed by atoms with Crippen molar-refractivity contribution in [2.45, 2.75) is 26.3 Å². The summed E-state index contributed by atoms with van der Waals surface area (Å²) >= 11 is 0. The Morgan fingerprint density at radius 2 is 2.06 bits per heavy atom. The molecule has 0 radical (unpaired) electrons. The predicted molar refractivity (Wildman–Crippen MR) is 68.9 cm³/mol. The van der Waals surface area contributed by atoms with E-state index in [1.807, 2.05) is 4.90 Å². The van der Waals surface area contributed by atoms with Crippen LogP contribution in [-0.4, -0.2) is 62.7 Å². The molecule has 0 N–H and O–H groups in total. The Kier molecular flexibility index (Phi) is 5.40. The monoisotopic (exact) mass is 242 g/mol. The fraction of sp³-hybridized carbons (Fsp3) is 0.923. The second-order valence-electron chi connectivity index (χ2n) is 5.48. The van der Waals surface area contributed by atoms with Gasteiger partial charge in [0.15, 0.2) is 0 Å². The van der Waals surface area contributed by atoms with Gasteiger partial charge in [-0.3, -0.25) is 4.79 Å². The summed E-state index contributed by atoms with van der Waals surface area (Å²) < 4.78 is 4.96. The first-order valence-electron chi connectivity index (χ1n) is 6.40. The third kappa shape index (κ3) is 3.68. The fourth-order valence-corrected chi connectivity index (χ4v) is 2.56. The summed E-state index contributed by atoms with van der Waals surface area (Å²) in [5.41, 5.74) is 0. The second-order valence-corrected chi connectivity index (χ2v) is 5.48. The van der Waals surface area contributed by atoms with E-state index in [0.717, 1.165) is 13.1 Å². The first kappa shape index (κ1) is 14.5. The van der Waals surface area contributed by atoms with Gasteiger partial charge in [0, 0.05) is 26.2 Å². The van der Waals surface area contributed by atoms with E-state index in [-0.39, 0.29) is 5.91 Å². The van der Waals surface area contributed by atoms with E-state index < -0.39 is 0 Å². The highest BCUT2D eigenvalue weighted by atomic mass is 16.5. The van der Waals surface area contributed by atoms with Crippen LogP contribution in [0.25, 0.3) is 0 Å². The van der Waals surface area contributed by atoms with Gasteiger partial charge < -0.3 is 14.5 Å². The van der Waals surface area contributed by atoms with Crippen LogP contribution < -0.4 is 0 Å². The van der Waals surface area contributed by atoms with Crippen molar-refractivity contribution >= 4 is 5.91 Å². The van der Waals surface area contributed by atoms with Gasteiger partial charge in [0.1, 0.15) is 0 Å². The SMILES string of the molecule is COCCC(=O)N1CC(C(C)C)C(N(C)C)C1. The quantitative estimate of drug-likeness (QED) is 0.723. The Morgan fingerprint density at radius 1 is 1.41 bits per heavy atom. The van der Waals surface area contributed by atoms with Crippen molar-refractivity contribution in [3.63, 3.8) is 0 Å². The standard InChI is InChI=1S/C13H26N2O2/c1-10(2)11-8-15(9-12(11)14(3)4)13(16)6-7-17-5/h10-12H,6-9H2,1-5H3. The average molecular weight is 242 g/mol. The molecule has 4 nitrogen and oxygen atoms in total. The zero-order valence-electron chi connectivity index (χ0n) is 11.8. The van der Waals surface area contributed by atoms with Crippen molar-refractivity contribution in [3.05, 3.63) is 0 Å². The number of hydrogen-bond acceptors (Lipinski definition) is 3. The molecule has 2 unspecified atom stereocenters. The molecule has 0 aromatic rings. The van der Waals surface area contributed by atoms with Crippen molar-refractivity contribution in [1.29, 1.82) is 0 Å². The zero-order valence-corrected chi connectivity index (χ0v) is 11.8. The number of methoxy groups -OCH3 is 1. The molecule has 100 valence electrons. The Labute approximate surface area is 105 Å². The number of nitrogens with zero attached hydrogens (tertiary/aromatic N) is 2. The maximum Gasteiger partial charge on any atom is 0.224 e. The number of hydrogen-bond donors (Lipinski definition) is 0. The molecule has 0 spiro atoms. The van der Waals surface area contributed by atoms with Gasteiger partial charge in [0.05, 0.1) is 13.0 Å². The minimum Gasteiger partial charge on any atom is -0.384 e. The first-order chi connectivity index (χ1) is 7.97. The first-order valence-corrected chi connectivity index (χ1v) is 6.40. The Hall–Kier alpha value is -0.610. The molecular weight excluding hydrogens is 216 g/mol. The Morgan fingerprint density at radius 3 is 2.47 bits per heavy atom. The van der Waals surface area contributed by atoms with E-state index in [1.54, 1.807) is 7.11 Å². The minimum atomic E-state index is 0.224. The molecule has 1 rings (SSSR count). The van der Waals surface area contributed by atoms with Gasteiger partial charge in [-0.05, 0) is 25.9 Å². The molecule has 1 aliphatic rings. The maximum atomic E-state index is 12.0. The van der Waals surface area contributed by atoms with E-state index in [0.29, 0.717) is 30.9 Å². The largest absolute Gasteiger partial charge is 0.384 e. The summed E-state index contributed by atoms with van der Waals surface area (Å²) in [5, 5.41) is 0. The lowest BCUT2D eigenvalue weighted by atomic mass is 9.91. The van der Waals surface area contributed by atoms with E-state index in [2.05, 4.69) is 32.8 Å². The van der Waals surface area contributed by atoms with Crippen molar-refractivity contribution in [2.75, 3.05) is 40.9 Å². The van der Waals surface area contributed by atoms with Gasteiger partial charge in [0.2, 0.25) is 5.91 Å². The number of ether oxygens (including phenoxy) is 1. The number of carbonyl (C=O) groups excluding carboxylic acids is 1. The third-order valence-electron chi connectivity index (χ3n) is 3.73. The average Bonchev–Trinajstić information content (AvgIpc) is 2.70. The van der Waals surface area contributed by atoms with Crippen LogP contribution in [0, 0.1) is 11.8 Å². The molecule has 0 aromatic heterocycles. The highest BCUT2D eigenvalue weighted by Crippen LogP contribution is 2.27. The highest BCUT2D eigenvalue weighted by molar-refractivity contribution is 5.76. The van der Waals surface area contributed by atoms with Gasteiger partial charge in [-0.25, -0.2) is 0 Å². The summed E-state index contributed by atoms with van der Waals surface area (Å²) in [6.45, 7) is 6.75. The Bertz CT molecular complexity index is 238. The molecule has 1 amide bonds. The normalized spacial score (nSPS) is 25.0. The highest BCUT2D eigenvalue weighted by Gasteiger charge is 2.37. The predicted octanol–water partition coefficient (Wildman–Crippen LogP) is 1.07. The van der Waals surface area contributed by atoms with Gasteiger partial charge in [0.25, 0.3) is 0 Å². The molecule has 2 atom stereocenters.